The van der Waals surface area contributed by atoms with Crippen molar-refractivity contribution in [3.63, 3.8) is 0 Å². The van der Waals surface area contributed by atoms with Crippen molar-refractivity contribution in [2.45, 2.75) is 25.4 Å². The van der Waals surface area contributed by atoms with Gasteiger partial charge in [0.15, 0.2) is 5.96 Å². The van der Waals surface area contributed by atoms with Crippen molar-refractivity contribution < 1.29 is 19.1 Å². The summed E-state index contributed by atoms with van der Waals surface area (Å²) in [5, 5.41) is 3.81. The van der Waals surface area contributed by atoms with Gasteiger partial charge in [0, 0.05) is 18.7 Å². The molecular weight excluding hydrogens is 518 g/mol. The molecule has 10 heteroatoms. The van der Waals surface area contributed by atoms with Gasteiger partial charge in [-0.15, -0.1) is 0 Å². The molecule has 0 bridgehead atoms. The predicted molar refractivity (Wildman–Crippen MR) is 149 cm³/mol. The molecule has 1 amide bonds. The molecule has 0 saturated heterocycles. The number of ether oxygens (including phenoxy) is 2. The molecule has 0 aromatic heterocycles. The van der Waals surface area contributed by atoms with Crippen LogP contribution < -0.4 is 26.3 Å². The molecule has 2 heterocycles. The van der Waals surface area contributed by atoms with Gasteiger partial charge in [-0.25, -0.2) is 9.79 Å². The monoisotopic (exact) mass is 547 g/mol. The van der Waals surface area contributed by atoms with E-state index in [4.69, 9.17) is 32.5 Å². The van der Waals surface area contributed by atoms with E-state index in [0.29, 0.717) is 41.8 Å². The second-order valence-electron chi connectivity index (χ2n) is 9.55. The van der Waals surface area contributed by atoms with Gasteiger partial charge in [0.2, 0.25) is 5.91 Å². The van der Waals surface area contributed by atoms with Gasteiger partial charge in [-0.05, 0) is 54.3 Å². The maximum atomic E-state index is 12.5. The number of nitrogens with zero attached hydrogens (tertiary/aromatic N) is 2. The number of halogens is 1. The number of hydrogen-bond donors (Lipinski definition) is 3. The molecule has 0 aliphatic carbocycles. The number of fused-ring (bicyclic) bond motifs is 2. The highest BCUT2D eigenvalue weighted by Crippen LogP contribution is 2.32. The van der Waals surface area contributed by atoms with Crippen LogP contribution in [0, 0.1) is 5.92 Å². The third-order valence-electron chi connectivity index (χ3n) is 6.97. The summed E-state index contributed by atoms with van der Waals surface area (Å²) in [6.07, 6.45) is 1.39. The molecule has 2 unspecified atom stereocenters. The van der Waals surface area contributed by atoms with Gasteiger partial charge in [0.1, 0.15) is 18.0 Å². The van der Waals surface area contributed by atoms with Crippen LogP contribution in [0.15, 0.2) is 71.7 Å². The summed E-state index contributed by atoms with van der Waals surface area (Å²) in [5.74, 6) is -0.158. The van der Waals surface area contributed by atoms with Crippen molar-refractivity contribution in [1.82, 2.24) is 10.2 Å². The first kappa shape index (κ1) is 26.5. The molecule has 2 aliphatic rings. The number of carbonyl (C=O) groups excluding carboxylic acids is 2. The van der Waals surface area contributed by atoms with Crippen LogP contribution in [0.2, 0.25) is 5.02 Å². The Labute approximate surface area is 231 Å². The Morgan fingerprint density at radius 2 is 1.90 bits per heavy atom. The number of esters is 1. The van der Waals surface area contributed by atoms with Crippen LogP contribution in [0.25, 0.3) is 0 Å². The maximum absolute atomic E-state index is 12.5. The smallest absolute Gasteiger partial charge is 0.331 e. The standard InChI is InChI=1S/C29H30ClN5O4/c30-23-7-3-4-8-25(23)39-26(36)17-35-16-19-9-10-20(15-24(19)34-29(35)32)38-14-12-22(28(31)37)27-21-6-2-1-5-18(21)11-13-33-27/h1-10,15,22,27,33H,11-14,16-17H2,(H2,31,37)(H2,32,34). The molecule has 2 atom stereocenters. The van der Waals surface area contributed by atoms with Crippen LogP contribution in [-0.4, -0.2) is 42.4 Å². The Balaban J connectivity index is 1.19. The van der Waals surface area contributed by atoms with E-state index in [1.807, 2.05) is 24.3 Å². The predicted octanol–water partition coefficient (Wildman–Crippen LogP) is 3.46. The van der Waals surface area contributed by atoms with Crippen molar-refractivity contribution in [3.05, 3.63) is 88.4 Å². The van der Waals surface area contributed by atoms with Gasteiger partial charge >= 0.3 is 5.97 Å². The number of hydrogen-bond acceptors (Lipinski definition) is 8. The van der Waals surface area contributed by atoms with Crippen LogP contribution in [0.4, 0.5) is 5.69 Å². The molecule has 3 aromatic carbocycles. The molecule has 0 spiro atoms. The van der Waals surface area contributed by atoms with Crippen molar-refractivity contribution in [2.24, 2.45) is 22.4 Å². The number of nitrogens with one attached hydrogen (secondary N) is 1. The number of aliphatic imine (C=N–C) groups is 1. The molecule has 0 saturated carbocycles. The maximum Gasteiger partial charge on any atom is 0.331 e. The Kier molecular flexibility index (Phi) is 7.99. The Hall–Kier alpha value is -4.08. The lowest BCUT2D eigenvalue weighted by atomic mass is 9.84. The SMILES string of the molecule is NC(=O)C(CCOc1ccc2c(c1)N=C(N)N(CC(=O)Oc1ccccc1Cl)C2)C1NCCc2ccccc21. The fraction of sp³-hybridized carbons (Fsp3) is 0.276. The summed E-state index contributed by atoms with van der Waals surface area (Å²) in [7, 11) is 0. The van der Waals surface area contributed by atoms with E-state index in [-0.39, 0.29) is 24.5 Å². The van der Waals surface area contributed by atoms with Crippen LogP contribution in [0.1, 0.15) is 29.2 Å². The largest absolute Gasteiger partial charge is 0.493 e. The summed E-state index contributed by atoms with van der Waals surface area (Å²) in [6, 6.07) is 20.3. The molecule has 0 radical (unpaired) electrons. The summed E-state index contributed by atoms with van der Waals surface area (Å²) in [5.41, 5.74) is 15.9. The van der Waals surface area contributed by atoms with E-state index in [9.17, 15) is 9.59 Å². The third-order valence-corrected chi connectivity index (χ3v) is 7.28. The number of benzene rings is 3. The molecule has 0 fully saturated rings. The zero-order chi connectivity index (χ0) is 27.4. The minimum absolute atomic E-state index is 0.0783. The molecule has 3 aromatic rings. The molecule has 9 nitrogen and oxygen atoms in total. The van der Waals surface area contributed by atoms with E-state index < -0.39 is 11.9 Å². The highest BCUT2D eigenvalue weighted by Gasteiger charge is 2.31. The first-order valence-corrected chi connectivity index (χ1v) is 13.2. The van der Waals surface area contributed by atoms with Crippen molar-refractivity contribution in [1.29, 1.82) is 0 Å². The fourth-order valence-corrected chi connectivity index (χ4v) is 5.17. The minimum Gasteiger partial charge on any atom is -0.493 e. The van der Waals surface area contributed by atoms with E-state index in [1.165, 1.54) is 5.56 Å². The zero-order valence-electron chi connectivity index (χ0n) is 21.3. The van der Waals surface area contributed by atoms with Crippen LogP contribution >= 0.6 is 11.6 Å². The first-order valence-electron chi connectivity index (χ1n) is 12.8. The second kappa shape index (κ2) is 11.8. The van der Waals surface area contributed by atoms with Gasteiger partial charge in [-0.2, -0.15) is 0 Å². The normalized spacial score (nSPS) is 16.9. The van der Waals surface area contributed by atoms with Crippen LogP contribution in [0.3, 0.4) is 0 Å². The minimum atomic E-state index is -0.497. The summed E-state index contributed by atoms with van der Waals surface area (Å²) in [4.78, 5) is 30.9. The number of rotatable bonds is 9. The van der Waals surface area contributed by atoms with Crippen molar-refractivity contribution in [3.8, 4) is 11.5 Å². The lowest BCUT2D eigenvalue weighted by molar-refractivity contribution is -0.134. The lowest BCUT2D eigenvalue weighted by Crippen LogP contribution is -2.42. The number of nitrogens with two attached hydrogens (primary N) is 2. The third kappa shape index (κ3) is 6.16. The van der Waals surface area contributed by atoms with Crippen molar-refractivity contribution in [2.75, 3.05) is 19.7 Å². The lowest BCUT2D eigenvalue weighted by Gasteiger charge is -2.32. The van der Waals surface area contributed by atoms with Crippen LogP contribution in [-0.2, 0) is 22.6 Å². The average Bonchev–Trinajstić information content (AvgIpc) is 2.92. The number of carbonyl (C=O) groups is 2. The van der Waals surface area contributed by atoms with Gasteiger partial charge in [-0.3, -0.25) is 4.79 Å². The molecule has 5 rings (SSSR count). The molecular formula is C29H30ClN5O4. The Bertz CT molecular complexity index is 1410. The van der Waals surface area contributed by atoms with E-state index in [1.54, 1.807) is 35.2 Å². The highest BCUT2D eigenvalue weighted by molar-refractivity contribution is 6.32. The summed E-state index contributed by atoms with van der Waals surface area (Å²) in [6.45, 7) is 1.42. The number of amides is 1. The fourth-order valence-electron chi connectivity index (χ4n) is 5.00. The van der Waals surface area contributed by atoms with Crippen molar-refractivity contribution >= 4 is 35.1 Å². The molecule has 202 valence electrons. The number of primary amides is 1. The first-order chi connectivity index (χ1) is 18.9. The second-order valence-corrected chi connectivity index (χ2v) is 9.95. The Morgan fingerprint density at radius 3 is 2.72 bits per heavy atom. The van der Waals surface area contributed by atoms with E-state index >= 15 is 0 Å². The van der Waals surface area contributed by atoms with E-state index in [2.05, 4.69) is 22.4 Å². The van der Waals surface area contributed by atoms with Crippen LogP contribution in [0.5, 0.6) is 11.5 Å². The van der Waals surface area contributed by atoms with Gasteiger partial charge in [0.05, 0.1) is 23.2 Å². The van der Waals surface area contributed by atoms with E-state index in [0.717, 1.165) is 24.1 Å². The summed E-state index contributed by atoms with van der Waals surface area (Å²) < 4.78 is 11.4. The number of para-hydroxylation sites is 1. The Morgan fingerprint density at radius 1 is 1.10 bits per heavy atom. The average molecular weight is 548 g/mol. The molecule has 39 heavy (non-hydrogen) atoms. The van der Waals surface area contributed by atoms with Gasteiger partial charge in [-0.1, -0.05) is 54.1 Å². The highest BCUT2D eigenvalue weighted by atomic mass is 35.5. The quantitative estimate of drug-likeness (QED) is 0.276. The zero-order valence-corrected chi connectivity index (χ0v) is 22.1. The molecule has 5 N–H and O–H groups in total. The van der Waals surface area contributed by atoms with Gasteiger partial charge < -0.3 is 31.2 Å². The number of guanidine groups is 1. The molecule has 2 aliphatic heterocycles. The van der Waals surface area contributed by atoms with Gasteiger partial charge in [0.25, 0.3) is 0 Å². The summed E-state index contributed by atoms with van der Waals surface area (Å²) >= 11 is 6.07. The topological polar surface area (TPSA) is 132 Å².